The van der Waals surface area contributed by atoms with E-state index >= 15 is 0 Å². The molecule has 2 amide bonds. The summed E-state index contributed by atoms with van der Waals surface area (Å²) in [6.45, 7) is 5.85. The van der Waals surface area contributed by atoms with Crippen LogP contribution in [0, 0.1) is 17.0 Å². The molecule has 216 valence electrons. The van der Waals surface area contributed by atoms with Crippen molar-refractivity contribution < 1.29 is 33.1 Å². The second-order valence-corrected chi connectivity index (χ2v) is 9.93. The zero-order valence-corrected chi connectivity index (χ0v) is 22.8. The van der Waals surface area contributed by atoms with Crippen molar-refractivity contribution in [1.29, 1.82) is 0 Å². The van der Waals surface area contributed by atoms with Gasteiger partial charge in [-0.25, -0.2) is 0 Å². The summed E-state index contributed by atoms with van der Waals surface area (Å²) < 4.78 is 22.1. The zero-order valence-electron chi connectivity index (χ0n) is 22.8. The van der Waals surface area contributed by atoms with E-state index in [9.17, 15) is 19.7 Å². The third-order valence-corrected chi connectivity index (χ3v) is 7.03. The number of nitro benzene ring substituents is 1. The zero-order chi connectivity index (χ0) is 28.8. The normalized spacial score (nSPS) is 14.6. The van der Waals surface area contributed by atoms with Gasteiger partial charge < -0.3 is 28.4 Å². The largest absolute Gasteiger partial charge is 0.464 e. The molecule has 0 radical (unpaired) electrons. The number of non-ortho nitro benzene ring substituents is 1. The van der Waals surface area contributed by atoms with Crippen molar-refractivity contribution >= 4 is 17.5 Å². The monoisotopic (exact) mass is 564 g/mol. The first-order valence-corrected chi connectivity index (χ1v) is 13.4. The van der Waals surface area contributed by atoms with Crippen molar-refractivity contribution in [2.45, 2.75) is 20.0 Å². The highest BCUT2D eigenvalue weighted by atomic mass is 16.7. The molecular formula is C29H32N4O8. The van der Waals surface area contributed by atoms with Gasteiger partial charge in [0.1, 0.15) is 18.1 Å². The van der Waals surface area contributed by atoms with Crippen LogP contribution in [0.4, 0.5) is 5.69 Å². The number of hydrogen-bond acceptors (Lipinski definition) is 9. The van der Waals surface area contributed by atoms with E-state index in [1.165, 1.54) is 29.2 Å². The molecule has 3 aromatic rings. The molecule has 1 aromatic heterocycles. The van der Waals surface area contributed by atoms with E-state index in [1.54, 1.807) is 4.90 Å². The number of rotatable bonds is 11. The van der Waals surface area contributed by atoms with Crippen molar-refractivity contribution in [2.75, 3.05) is 52.7 Å². The number of aryl methyl sites for hydroxylation is 1. The Balaban J connectivity index is 1.36. The van der Waals surface area contributed by atoms with Crippen molar-refractivity contribution in [3.05, 3.63) is 87.4 Å². The Morgan fingerprint density at radius 3 is 2.41 bits per heavy atom. The lowest BCUT2D eigenvalue weighted by Crippen LogP contribution is -2.47. The smallest absolute Gasteiger partial charge is 0.269 e. The number of furan rings is 1. The number of amides is 2. The van der Waals surface area contributed by atoms with Gasteiger partial charge in [-0.15, -0.1) is 0 Å². The minimum Gasteiger partial charge on any atom is -0.464 e. The van der Waals surface area contributed by atoms with E-state index in [2.05, 4.69) is 4.90 Å². The molecule has 12 nitrogen and oxygen atoms in total. The van der Waals surface area contributed by atoms with Crippen LogP contribution in [0.25, 0.3) is 0 Å². The lowest BCUT2D eigenvalue weighted by atomic mass is 10.1. The highest BCUT2D eigenvalue weighted by Crippen LogP contribution is 2.33. The van der Waals surface area contributed by atoms with Crippen LogP contribution in [0.3, 0.4) is 0 Å². The van der Waals surface area contributed by atoms with Crippen molar-refractivity contribution in [3.8, 4) is 11.5 Å². The Kier molecular flexibility index (Phi) is 8.80. The van der Waals surface area contributed by atoms with Crippen molar-refractivity contribution in [2.24, 2.45) is 0 Å². The van der Waals surface area contributed by atoms with Gasteiger partial charge in [0.15, 0.2) is 11.5 Å². The summed E-state index contributed by atoms with van der Waals surface area (Å²) in [6, 6.07) is 14.6. The molecule has 1 saturated heterocycles. The molecule has 0 N–H and O–H groups in total. The van der Waals surface area contributed by atoms with E-state index in [1.807, 2.05) is 37.3 Å². The first-order chi connectivity index (χ1) is 19.9. The summed E-state index contributed by atoms with van der Waals surface area (Å²) in [4.78, 5) is 43.3. The molecule has 1 fully saturated rings. The molecule has 0 bridgehead atoms. The van der Waals surface area contributed by atoms with Crippen LogP contribution in [0.1, 0.15) is 27.4 Å². The number of hydrogen-bond donors (Lipinski definition) is 0. The molecule has 2 aliphatic heterocycles. The van der Waals surface area contributed by atoms with Gasteiger partial charge in [-0.05, 0) is 48.9 Å². The molecule has 2 aliphatic rings. The SMILES string of the molecule is Cc1ccc(CN(Cc2ccc3c(c2)OCO3)C(=O)CN(CCN2CCOCC2)C(=O)c2ccc([N+](=O)[O-])cc2)o1. The maximum absolute atomic E-state index is 13.8. The highest BCUT2D eigenvalue weighted by molar-refractivity contribution is 5.96. The Labute approximate surface area is 237 Å². The van der Waals surface area contributed by atoms with Crippen LogP contribution >= 0.6 is 0 Å². The first-order valence-electron chi connectivity index (χ1n) is 13.4. The number of ether oxygens (including phenoxy) is 3. The Hall–Kier alpha value is -4.42. The average Bonchev–Trinajstić information content (AvgIpc) is 3.63. The molecular weight excluding hydrogens is 532 g/mol. The van der Waals surface area contributed by atoms with Crippen LogP contribution < -0.4 is 9.47 Å². The molecule has 0 spiro atoms. The molecule has 0 atom stereocenters. The van der Waals surface area contributed by atoms with Crippen LogP contribution in [-0.2, 0) is 22.6 Å². The van der Waals surface area contributed by atoms with E-state index in [-0.39, 0.29) is 49.5 Å². The standard InChI is InChI=1S/C29H32N4O8/c1-21-2-8-25(41-21)18-32(17-22-3-9-26-27(16-22)40-20-39-26)28(34)19-31(11-10-30-12-14-38-15-13-30)29(35)23-4-6-24(7-5-23)33(36)37/h2-9,16H,10-15,17-20H2,1H3. The fourth-order valence-corrected chi connectivity index (χ4v) is 4.76. The number of nitro groups is 1. The van der Waals surface area contributed by atoms with Crippen LogP contribution in [0.15, 0.2) is 59.0 Å². The average molecular weight is 565 g/mol. The second-order valence-electron chi connectivity index (χ2n) is 9.93. The summed E-state index contributed by atoms with van der Waals surface area (Å²) in [5, 5.41) is 11.1. The van der Waals surface area contributed by atoms with Gasteiger partial charge in [0.2, 0.25) is 12.7 Å². The van der Waals surface area contributed by atoms with E-state index in [0.29, 0.717) is 43.6 Å². The molecule has 2 aromatic carbocycles. The van der Waals surface area contributed by atoms with Crippen molar-refractivity contribution in [3.63, 3.8) is 0 Å². The number of carbonyl (C=O) groups is 2. The van der Waals surface area contributed by atoms with Crippen molar-refractivity contribution in [1.82, 2.24) is 14.7 Å². The van der Waals surface area contributed by atoms with E-state index in [4.69, 9.17) is 18.6 Å². The predicted molar refractivity (Wildman–Crippen MR) is 147 cm³/mol. The summed E-state index contributed by atoms with van der Waals surface area (Å²) in [5.41, 5.74) is 1.00. The minimum absolute atomic E-state index is 0.110. The van der Waals surface area contributed by atoms with Gasteiger partial charge >= 0.3 is 0 Å². The van der Waals surface area contributed by atoms with Gasteiger partial charge in [0.05, 0.1) is 24.7 Å². The van der Waals surface area contributed by atoms with Gasteiger partial charge in [-0.3, -0.25) is 24.6 Å². The van der Waals surface area contributed by atoms with Gasteiger partial charge in [0, 0.05) is 50.4 Å². The first kappa shape index (κ1) is 28.1. The summed E-state index contributed by atoms with van der Waals surface area (Å²) >= 11 is 0. The van der Waals surface area contributed by atoms with Crippen LogP contribution in [0.2, 0.25) is 0 Å². The van der Waals surface area contributed by atoms with Crippen LogP contribution in [0.5, 0.6) is 11.5 Å². The topological polar surface area (TPSA) is 128 Å². The maximum atomic E-state index is 13.8. The molecule has 0 saturated carbocycles. The van der Waals surface area contributed by atoms with E-state index in [0.717, 1.165) is 24.4 Å². The fraction of sp³-hybridized carbons (Fsp3) is 0.379. The number of benzene rings is 2. The molecule has 12 heteroatoms. The minimum atomic E-state index is -0.516. The number of nitrogens with zero attached hydrogens (tertiary/aromatic N) is 4. The van der Waals surface area contributed by atoms with E-state index < -0.39 is 4.92 Å². The summed E-state index contributed by atoms with van der Waals surface area (Å²) in [7, 11) is 0. The third-order valence-electron chi connectivity index (χ3n) is 7.03. The molecule has 0 aliphatic carbocycles. The third kappa shape index (κ3) is 7.21. The predicted octanol–water partition coefficient (Wildman–Crippen LogP) is 3.23. The number of morpholine rings is 1. The molecule has 5 rings (SSSR count). The molecule has 0 unspecified atom stereocenters. The maximum Gasteiger partial charge on any atom is 0.269 e. The van der Waals surface area contributed by atoms with Gasteiger partial charge in [-0.2, -0.15) is 0 Å². The highest BCUT2D eigenvalue weighted by Gasteiger charge is 2.25. The lowest BCUT2D eigenvalue weighted by Gasteiger charge is -2.31. The van der Waals surface area contributed by atoms with Crippen LogP contribution in [-0.4, -0.2) is 84.2 Å². The molecule has 3 heterocycles. The quantitative estimate of drug-likeness (QED) is 0.255. The fourth-order valence-electron chi connectivity index (χ4n) is 4.76. The Morgan fingerprint density at radius 2 is 1.71 bits per heavy atom. The van der Waals surface area contributed by atoms with Gasteiger partial charge in [-0.1, -0.05) is 6.07 Å². The Morgan fingerprint density at radius 1 is 0.951 bits per heavy atom. The van der Waals surface area contributed by atoms with Gasteiger partial charge in [0.25, 0.3) is 11.6 Å². The second kappa shape index (κ2) is 12.8. The lowest BCUT2D eigenvalue weighted by molar-refractivity contribution is -0.384. The molecule has 41 heavy (non-hydrogen) atoms. The summed E-state index contributed by atoms with van der Waals surface area (Å²) in [6.07, 6.45) is 0. The Bertz CT molecular complexity index is 1380. The summed E-state index contributed by atoms with van der Waals surface area (Å²) in [5.74, 6) is 1.97. The number of fused-ring (bicyclic) bond motifs is 1. The number of carbonyl (C=O) groups excluding carboxylic acids is 2.